The highest BCUT2D eigenvalue weighted by Gasteiger charge is 2.20. The molecule has 0 heteroatoms. The first kappa shape index (κ1) is 22.1. The average molecular weight is 389 g/mol. The van der Waals surface area contributed by atoms with Gasteiger partial charge in [-0.25, -0.2) is 0 Å². The van der Waals surface area contributed by atoms with Gasteiger partial charge < -0.3 is 0 Å². The molecule has 3 rings (SSSR count). The molecule has 0 atom stereocenters. The molecule has 0 spiro atoms. The molecule has 156 valence electrons. The largest absolute Gasteiger partial charge is 0.0654 e. The van der Waals surface area contributed by atoms with Crippen molar-refractivity contribution in [2.24, 2.45) is 0 Å². The van der Waals surface area contributed by atoms with Crippen LogP contribution in [0.1, 0.15) is 113 Å². The molecule has 2 aromatic rings. The molecule has 0 N–H and O–H groups in total. The Morgan fingerprint density at radius 1 is 0.655 bits per heavy atom. The summed E-state index contributed by atoms with van der Waals surface area (Å²) in [7, 11) is 0. The molecule has 0 fully saturated rings. The zero-order valence-electron chi connectivity index (χ0n) is 18.9. The maximum Gasteiger partial charge on any atom is 0.0218 e. The van der Waals surface area contributed by atoms with Crippen LogP contribution in [0.15, 0.2) is 30.3 Å². The first-order valence-electron chi connectivity index (χ1n) is 12.4. The molecule has 1 aliphatic rings. The summed E-state index contributed by atoms with van der Waals surface area (Å²) in [6, 6.07) is 15.2. The summed E-state index contributed by atoms with van der Waals surface area (Å²) in [5, 5.41) is 0. The van der Waals surface area contributed by atoms with E-state index >= 15 is 0 Å². The average Bonchev–Trinajstić information content (AvgIpc) is 3.10. The fraction of sp³-hybridized carbons (Fsp3) is 0.552. The smallest absolute Gasteiger partial charge is 0.0218 e. The lowest BCUT2D eigenvalue weighted by atomic mass is 9.91. The number of fused-ring (bicyclic) bond motifs is 3. The molecular formula is C29H40. The predicted molar refractivity (Wildman–Crippen MR) is 127 cm³/mol. The second-order valence-electron chi connectivity index (χ2n) is 8.87. The molecule has 0 bridgehead atoms. The van der Waals surface area contributed by atoms with Crippen LogP contribution < -0.4 is 0 Å². The lowest BCUT2D eigenvalue weighted by Gasteiger charge is -2.13. The van der Waals surface area contributed by atoms with Gasteiger partial charge in [0.25, 0.3) is 0 Å². The topological polar surface area (TPSA) is 0 Å². The summed E-state index contributed by atoms with van der Waals surface area (Å²) in [6.45, 7) is 4.59. The van der Waals surface area contributed by atoms with E-state index in [2.05, 4.69) is 56.7 Å². The molecule has 0 aliphatic heterocycles. The third-order valence-corrected chi connectivity index (χ3v) is 6.41. The van der Waals surface area contributed by atoms with Crippen LogP contribution in [0, 0.1) is 12.5 Å². The van der Waals surface area contributed by atoms with Crippen molar-refractivity contribution in [3.63, 3.8) is 0 Å². The van der Waals surface area contributed by atoms with Crippen LogP contribution in [0.4, 0.5) is 0 Å². The summed E-state index contributed by atoms with van der Waals surface area (Å²) in [5.41, 5.74) is 8.55. The van der Waals surface area contributed by atoms with E-state index in [-0.39, 0.29) is 0 Å². The van der Waals surface area contributed by atoms with E-state index in [4.69, 9.17) is 0 Å². The summed E-state index contributed by atoms with van der Waals surface area (Å²) in [6.07, 6.45) is 21.2. The van der Waals surface area contributed by atoms with Crippen LogP contribution in [-0.2, 0) is 12.8 Å². The Balaban J connectivity index is 1.64. The molecule has 0 unspecified atom stereocenters. The SMILES string of the molecule is CCCCCCCCc1[c]c2c(cc1CCCCCCCC)-c1ccccc1[CH]2. The summed E-state index contributed by atoms with van der Waals surface area (Å²) < 4.78 is 0. The van der Waals surface area contributed by atoms with Gasteiger partial charge in [0, 0.05) is 6.42 Å². The maximum atomic E-state index is 3.85. The van der Waals surface area contributed by atoms with E-state index in [1.165, 1.54) is 118 Å². The van der Waals surface area contributed by atoms with Crippen molar-refractivity contribution < 1.29 is 0 Å². The number of aryl methyl sites for hydroxylation is 2. The van der Waals surface area contributed by atoms with Gasteiger partial charge in [-0.05, 0) is 65.1 Å². The molecule has 0 amide bonds. The number of hydrogen-bond donors (Lipinski definition) is 0. The van der Waals surface area contributed by atoms with Gasteiger partial charge in [-0.15, -0.1) is 0 Å². The third kappa shape index (κ3) is 6.46. The quantitative estimate of drug-likeness (QED) is 0.242. The maximum absolute atomic E-state index is 3.85. The first-order chi connectivity index (χ1) is 14.3. The highest BCUT2D eigenvalue weighted by Crippen LogP contribution is 2.39. The molecule has 2 radical (unpaired) electrons. The van der Waals surface area contributed by atoms with Crippen LogP contribution in [0.3, 0.4) is 0 Å². The Morgan fingerprint density at radius 3 is 2.00 bits per heavy atom. The van der Waals surface area contributed by atoms with Gasteiger partial charge in [-0.3, -0.25) is 0 Å². The zero-order chi connectivity index (χ0) is 20.3. The van der Waals surface area contributed by atoms with Gasteiger partial charge in [0.15, 0.2) is 0 Å². The van der Waals surface area contributed by atoms with E-state index in [0.717, 1.165) is 0 Å². The second-order valence-corrected chi connectivity index (χ2v) is 8.87. The Kier molecular flexibility index (Phi) is 9.32. The molecule has 0 heterocycles. The van der Waals surface area contributed by atoms with Gasteiger partial charge >= 0.3 is 0 Å². The van der Waals surface area contributed by atoms with Gasteiger partial charge in [-0.2, -0.15) is 0 Å². The lowest BCUT2D eigenvalue weighted by Crippen LogP contribution is -1.99. The van der Waals surface area contributed by atoms with E-state index in [0.29, 0.717) is 0 Å². The molecule has 2 aromatic carbocycles. The highest BCUT2D eigenvalue weighted by atomic mass is 14.2. The minimum Gasteiger partial charge on any atom is -0.0654 e. The van der Waals surface area contributed by atoms with Crippen molar-refractivity contribution in [2.45, 2.75) is 104 Å². The van der Waals surface area contributed by atoms with Gasteiger partial charge in [0.1, 0.15) is 0 Å². The minimum absolute atomic E-state index is 1.20. The van der Waals surface area contributed by atoms with Crippen molar-refractivity contribution in [1.82, 2.24) is 0 Å². The van der Waals surface area contributed by atoms with Gasteiger partial charge in [0.2, 0.25) is 0 Å². The lowest BCUT2D eigenvalue weighted by molar-refractivity contribution is 0.599. The Bertz CT molecular complexity index is 740. The highest BCUT2D eigenvalue weighted by molar-refractivity contribution is 5.81. The number of benzene rings is 2. The van der Waals surface area contributed by atoms with Crippen molar-refractivity contribution in [2.75, 3.05) is 0 Å². The fourth-order valence-electron chi connectivity index (χ4n) is 4.63. The molecule has 0 saturated heterocycles. The standard InChI is InChI=1S/C29H40/c1-3-5-7-9-11-13-17-24-21-27-22-26-19-15-16-20-28(26)29(27)23-25(24)18-14-12-10-8-6-4-2/h15-16,19-20,22-23H,3-14,17-18H2,1-2H3. The Labute approximate surface area is 180 Å². The van der Waals surface area contributed by atoms with Crippen molar-refractivity contribution in [3.8, 4) is 11.1 Å². The molecule has 1 aliphatic carbocycles. The van der Waals surface area contributed by atoms with Crippen LogP contribution in [-0.4, -0.2) is 0 Å². The molecule has 0 saturated carbocycles. The summed E-state index contributed by atoms with van der Waals surface area (Å²) >= 11 is 0. The van der Waals surface area contributed by atoms with Crippen LogP contribution in [0.25, 0.3) is 11.1 Å². The van der Waals surface area contributed by atoms with Crippen LogP contribution >= 0.6 is 0 Å². The number of hydrogen-bond acceptors (Lipinski definition) is 0. The normalized spacial score (nSPS) is 12.2. The van der Waals surface area contributed by atoms with Crippen LogP contribution in [0.5, 0.6) is 0 Å². The van der Waals surface area contributed by atoms with Gasteiger partial charge in [-0.1, -0.05) is 108 Å². The zero-order valence-corrected chi connectivity index (χ0v) is 18.9. The first-order valence-corrected chi connectivity index (χ1v) is 12.4. The van der Waals surface area contributed by atoms with Gasteiger partial charge in [0.05, 0.1) is 0 Å². The molecule has 0 aromatic heterocycles. The van der Waals surface area contributed by atoms with Crippen molar-refractivity contribution in [1.29, 1.82) is 0 Å². The number of unbranched alkanes of at least 4 members (excludes halogenated alkanes) is 10. The Morgan fingerprint density at radius 2 is 1.28 bits per heavy atom. The summed E-state index contributed by atoms with van der Waals surface area (Å²) in [4.78, 5) is 0. The fourth-order valence-corrected chi connectivity index (χ4v) is 4.63. The predicted octanol–water partition coefficient (Wildman–Crippen LogP) is 8.87. The van der Waals surface area contributed by atoms with E-state index in [1.807, 2.05) is 0 Å². The van der Waals surface area contributed by atoms with E-state index in [1.54, 1.807) is 5.56 Å². The molecule has 0 nitrogen and oxygen atoms in total. The van der Waals surface area contributed by atoms with E-state index < -0.39 is 0 Å². The third-order valence-electron chi connectivity index (χ3n) is 6.41. The van der Waals surface area contributed by atoms with Crippen molar-refractivity contribution in [3.05, 3.63) is 65.1 Å². The minimum atomic E-state index is 1.20. The Hall–Kier alpha value is -1.56. The second kappa shape index (κ2) is 12.2. The number of rotatable bonds is 14. The summed E-state index contributed by atoms with van der Waals surface area (Å²) in [5.74, 6) is 0. The van der Waals surface area contributed by atoms with E-state index in [9.17, 15) is 0 Å². The monoisotopic (exact) mass is 388 g/mol. The molecule has 29 heavy (non-hydrogen) atoms. The molecular weight excluding hydrogens is 348 g/mol. The van der Waals surface area contributed by atoms with Crippen LogP contribution in [0.2, 0.25) is 0 Å². The van der Waals surface area contributed by atoms with Crippen molar-refractivity contribution >= 4 is 0 Å².